The molecule has 1 saturated heterocycles. The maximum atomic E-state index is 12.7. The highest BCUT2D eigenvalue weighted by molar-refractivity contribution is 5.86. The first kappa shape index (κ1) is 18.4. The number of hydrogen-bond donors (Lipinski definition) is 2. The zero-order valence-corrected chi connectivity index (χ0v) is 14.5. The minimum Gasteiger partial charge on any atom is -0.465 e. The van der Waals surface area contributed by atoms with Crippen LogP contribution in [0.1, 0.15) is 19.4 Å². The Morgan fingerprint density at radius 3 is 2.79 bits per heavy atom. The van der Waals surface area contributed by atoms with Crippen molar-refractivity contribution < 1.29 is 14.3 Å². The molecule has 6 heteroatoms. The van der Waals surface area contributed by atoms with Gasteiger partial charge in [-0.1, -0.05) is 30.3 Å². The first-order valence-corrected chi connectivity index (χ1v) is 8.54. The zero-order chi connectivity index (χ0) is 17.4. The van der Waals surface area contributed by atoms with E-state index in [9.17, 15) is 9.59 Å². The summed E-state index contributed by atoms with van der Waals surface area (Å²) in [4.78, 5) is 26.4. The minimum absolute atomic E-state index is 0.0837. The molecule has 0 aliphatic carbocycles. The van der Waals surface area contributed by atoms with Gasteiger partial charge in [0.15, 0.2) is 0 Å². The summed E-state index contributed by atoms with van der Waals surface area (Å²) in [7, 11) is 0. The normalized spacial score (nSPS) is 19.5. The van der Waals surface area contributed by atoms with Crippen LogP contribution >= 0.6 is 0 Å². The summed E-state index contributed by atoms with van der Waals surface area (Å²) in [6.45, 7) is 6.58. The molecule has 0 bridgehead atoms. The molecule has 0 unspecified atom stereocenters. The van der Waals surface area contributed by atoms with E-state index in [0.29, 0.717) is 19.1 Å². The quantitative estimate of drug-likeness (QED) is 0.714. The molecule has 1 heterocycles. The van der Waals surface area contributed by atoms with Crippen LogP contribution in [0, 0.1) is 0 Å². The Morgan fingerprint density at radius 1 is 1.38 bits per heavy atom. The van der Waals surface area contributed by atoms with Crippen LogP contribution in [-0.2, 0) is 20.7 Å². The van der Waals surface area contributed by atoms with E-state index in [4.69, 9.17) is 4.74 Å². The maximum absolute atomic E-state index is 12.7. The fourth-order valence-corrected chi connectivity index (χ4v) is 2.96. The molecule has 0 spiro atoms. The van der Waals surface area contributed by atoms with Gasteiger partial charge in [-0.3, -0.25) is 14.5 Å². The number of ether oxygens (including phenoxy) is 1. The molecular weight excluding hydrogens is 306 g/mol. The van der Waals surface area contributed by atoms with Crippen molar-refractivity contribution in [1.29, 1.82) is 0 Å². The summed E-state index contributed by atoms with van der Waals surface area (Å²) in [5, 5.41) is 6.11. The molecule has 0 radical (unpaired) electrons. The fourth-order valence-electron chi connectivity index (χ4n) is 2.96. The van der Waals surface area contributed by atoms with Crippen LogP contribution in [0.15, 0.2) is 30.3 Å². The van der Waals surface area contributed by atoms with Crippen LogP contribution < -0.4 is 10.6 Å². The smallest absolute Gasteiger partial charge is 0.325 e. The second-order valence-electron chi connectivity index (χ2n) is 6.08. The molecule has 1 aromatic rings. The second-order valence-corrected chi connectivity index (χ2v) is 6.08. The van der Waals surface area contributed by atoms with Crippen LogP contribution in [-0.4, -0.2) is 61.6 Å². The SMILES string of the molecule is CCOC(=O)CNC(=O)[C@H](Cc1ccccc1)N1CCN[C@@H](C)C1. The molecule has 0 aromatic heterocycles. The molecule has 2 N–H and O–H groups in total. The average molecular weight is 333 g/mol. The summed E-state index contributed by atoms with van der Waals surface area (Å²) in [5.74, 6) is -0.529. The lowest BCUT2D eigenvalue weighted by Gasteiger charge is -2.37. The van der Waals surface area contributed by atoms with E-state index in [2.05, 4.69) is 22.5 Å². The van der Waals surface area contributed by atoms with Gasteiger partial charge < -0.3 is 15.4 Å². The predicted molar refractivity (Wildman–Crippen MR) is 92.6 cm³/mol. The number of benzene rings is 1. The van der Waals surface area contributed by atoms with Crippen molar-refractivity contribution in [3.05, 3.63) is 35.9 Å². The number of amides is 1. The summed E-state index contributed by atoms with van der Waals surface area (Å²) in [6.07, 6.45) is 0.627. The van der Waals surface area contributed by atoms with E-state index in [0.717, 1.165) is 25.2 Å². The second kappa shape index (κ2) is 9.39. The number of nitrogens with zero attached hydrogens (tertiary/aromatic N) is 1. The van der Waals surface area contributed by atoms with Gasteiger partial charge in [0, 0.05) is 25.7 Å². The number of carbonyl (C=O) groups is 2. The van der Waals surface area contributed by atoms with Crippen molar-refractivity contribution in [2.75, 3.05) is 32.8 Å². The lowest BCUT2D eigenvalue weighted by Crippen LogP contribution is -2.57. The maximum Gasteiger partial charge on any atom is 0.325 e. The molecule has 24 heavy (non-hydrogen) atoms. The average Bonchev–Trinajstić information content (AvgIpc) is 2.59. The van der Waals surface area contributed by atoms with E-state index in [1.165, 1.54) is 0 Å². The summed E-state index contributed by atoms with van der Waals surface area (Å²) in [6, 6.07) is 10.0. The van der Waals surface area contributed by atoms with E-state index < -0.39 is 5.97 Å². The first-order chi connectivity index (χ1) is 11.6. The lowest BCUT2D eigenvalue weighted by atomic mass is 10.0. The van der Waals surface area contributed by atoms with E-state index in [-0.39, 0.29) is 18.5 Å². The van der Waals surface area contributed by atoms with Crippen molar-refractivity contribution in [2.45, 2.75) is 32.4 Å². The van der Waals surface area contributed by atoms with Crippen LogP contribution in [0.3, 0.4) is 0 Å². The Labute approximate surface area is 143 Å². The van der Waals surface area contributed by atoms with Gasteiger partial charge in [-0.2, -0.15) is 0 Å². The number of esters is 1. The third kappa shape index (κ3) is 5.62. The van der Waals surface area contributed by atoms with Crippen LogP contribution in [0.4, 0.5) is 0 Å². The van der Waals surface area contributed by atoms with Gasteiger partial charge in [0.2, 0.25) is 5.91 Å². The molecule has 132 valence electrons. The van der Waals surface area contributed by atoms with Crippen molar-refractivity contribution in [3.8, 4) is 0 Å². The Balaban J connectivity index is 2.03. The number of nitrogens with one attached hydrogen (secondary N) is 2. The molecule has 0 saturated carbocycles. The van der Waals surface area contributed by atoms with Gasteiger partial charge >= 0.3 is 5.97 Å². The molecule has 2 atom stereocenters. The van der Waals surface area contributed by atoms with Crippen molar-refractivity contribution in [1.82, 2.24) is 15.5 Å². The monoisotopic (exact) mass is 333 g/mol. The number of rotatable bonds is 7. The van der Waals surface area contributed by atoms with Gasteiger partial charge in [0.1, 0.15) is 6.54 Å². The van der Waals surface area contributed by atoms with Gasteiger partial charge in [0.05, 0.1) is 12.6 Å². The molecule has 1 aliphatic heterocycles. The van der Waals surface area contributed by atoms with Gasteiger partial charge in [0.25, 0.3) is 0 Å². The fraction of sp³-hybridized carbons (Fsp3) is 0.556. The van der Waals surface area contributed by atoms with Crippen LogP contribution in [0.5, 0.6) is 0 Å². The minimum atomic E-state index is -0.405. The van der Waals surface area contributed by atoms with Crippen LogP contribution in [0.2, 0.25) is 0 Å². The van der Waals surface area contributed by atoms with Crippen LogP contribution in [0.25, 0.3) is 0 Å². The standard InChI is InChI=1S/C18H27N3O3/c1-3-24-17(22)12-20-18(23)16(11-15-7-5-4-6-8-15)21-10-9-19-14(2)13-21/h4-8,14,16,19H,3,9-13H2,1-2H3,(H,20,23)/t14-,16-/m0/s1. The molecule has 1 aromatic carbocycles. The molecule has 6 nitrogen and oxygen atoms in total. The zero-order valence-electron chi connectivity index (χ0n) is 14.5. The third-order valence-corrected chi connectivity index (χ3v) is 4.13. The number of carbonyl (C=O) groups excluding carboxylic acids is 2. The Kier molecular flexibility index (Phi) is 7.21. The highest BCUT2D eigenvalue weighted by Crippen LogP contribution is 2.12. The molecular formula is C18H27N3O3. The first-order valence-electron chi connectivity index (χ1n) is 8.54. The number of hydrogen-bond acceptors (Lipinski definition) is 5. The van der Waals surface area contributed by atoms with E-state index >= 15 is 0 Å². The lowest BCUT2D eigenvalue weighted by molar-refractivity contribution is -0.144. The van der Waals surface area contributed by atoms with Crippen molar-refractivity contribution in [3.63, 3.8) is 0 Å². The largest absolute Gasteiger partial charge is 0.465 e. The van der Waals surface area contributed by atoms with Gasteiger partial charge in [-0.15, -0.1) is 0 Å². The molecule has 1 amide bonds. The Bertz CT molecular complexity index is 536. The van der Waals surface area contributed by atoms with E-state index in [1.54, 1.807) is 6.92 Å². The Hall–Kier alpha value is -1.92. The van der Waals surface area contributed by atoms with Crippen molar-refractivity contribution in [2.24, 2.45) is 0 Å². The number of piperazine rings is 1. The van der Waals surface area contributed by atoms with Gasteiger partial charge in [-0.05, 0) is 25.8 Å². The summed E-state index contributed by atoms with van der Waals surface area (Å²) >= 11 is 0. The predicted octanol–water partition coefficient (Wildman–Crippen LogP) is 0.571. The highest BCUT2D eigenvalue weighted by atomic mass is 16.5. The van der Waals surface area contributed by atoms with E-state index in [1.807, 2.05) is 30.3 Å². The summed E-state index contributed by atoms with van der Waals surface area (Å²) in [5.41, 5.74) is 1.11. The Morgan fingerprint density at radius 2 is 2.12 bits per heavy atom. The molecule has 2 rings (SSSR count). The summed E-state index contributed by atoms with van der Waals surface area (Å²) < 4.78 is 4.88. The topological polar surface area (TPSA) is 70.7 Å². The van der Waals surface area contributed by atoms with Crippen molar-refractivity contribution >= 4 is 11.9 Å². The molecule has 1 aliphatic rings. The third-order valence-electron chi connectivity index (χ3n) is 4.13. The highest BCUT2D eigenvalue weighted by Gasteiger charge is 2.29. The molecule has 1 fully saturated rings. The van der Waals surface area contributed by atoms with Gasteiger partial charge in [-0.25, -0.2) is 0 Å².